The molecule has 4 aromatic rings. The second-order valence-corrected chi connectivity index (χ2v) is 17.9. The number of aliphatic hydroxyl groups is 1. The fourth-order valence-corrected chi connectivity index (χ4v) is 9.30. The highest BCUT2D eigenvalue weighted by molar-refractivity contribution is 5.84. The molecule has 61 heavy (non-hydrogen) atoms. The average molecular weight is 831 g/mol. The molecule has 2 aliphatic heterocycles. The van der Waals surface area contributed by atoms with Gasteiger partial charge >= 0.3 is 12.0 Å². The van der Waals surface area contributed by atoms with Gasteiger partial charge in [-0.05, 0) is 97.9 Å². The first-order chi connectivity index (χ1) is 29.5. The van der Waals surface area contributed by atoms with Crippen molar-refractivity contribution in [1.82, 2.24) is 20.9 Å². The second kappa shape index (κ2) is 20.2. The van der Waals surface area contributed by atoms with Crippen LogP contribution in [0.3, 0.4) is 0 Å². The predicted molar refractivity (Wildman–Crippen MR) is 235 cm³/mol. The fraction of sp³-hybridized carbons (Fsp3) is 0.460. The van der Waals surface area contributed by atoms with Gasteiger partial charge in [0.15, 0.2) is 6.29 Å². The van der Waals surface area contributed by atoms with E-state index in [4.69, 9.17) is 14.2 Å². The quantitative estimate of drug-likeness (QED) is 0.0999. The number of carbonyl (C=O) groups excluding carboxylic acids is 3. The van der Waals surface area contributed by atoms with Crippen molar-refractivity contribution in [3.05, 3.63) is 131 Å². The van der Waals surface area contributed by atoms with Crippen LogP contribution in [0.1, 0.15) is 106 Å². The number of carbonyl (C=O) groups is 3. The minimum atomic E-state index is -0.830. The first kappa shape index (κ1) is 44.0. The van der Waals surface area contributed by atoms with Gasteiger partial charge in [-0.25, -0.2) is 9.59 Å². The molecule has 11 nitrogen and oxygen atoms in total. The lowest BCUT2D eigenvalue weighted by atomic mass is 9.75. The number of benzene rings is 4. The van der Waals surface area contributed by atoms with E-state index in [2.05, 4.69) is 26.9 Å². The van der Waals surface area contributed by atoms with Crippen molar-refractivity contribution in [3.8, 4) is 11.1 Å². The van der Waals surface area contributed by atoms with Crippen molar-refractivity contribution in [2.75, 3.05) is 13.7 Å². The van der Waals surface area contributed by atoms with Gasteiger partial charge in [-0.15, -0.1) is 0 Å². The van der Waals surface area contributed by atoms with Crippen molar-refractivity contribution in [3.63, 3.8) is 0 Å². The number of piperidine rings is 1. The van der Waals surface area contributed by atoms with E-state index in [0.29, 0.717) is 31.3 Å². The Labute approximate surface area is 360 Å². The van der Waals surface area contributed by atoms with E-state index in [9.17, 15) is 19.5 Å². The van der Waals surface area contributed by atoms with Gasteiger partial charge < -0.3 is 35.3 Å². The number of methoxy groups -OCH3 is 1. The molecule has 0 spiro atoms. The summed E-state index contributed by atoms with van der Waals surface area (Å²) in [6, 6.07) is 32.4. The summed E-state index contributed by atoms with van der Waals surface area (Å²) in [7, 11) is 1.31. The molecule has 7 atom stereocenters. The van der Waals surface area contributed by atoms with E-state index in [1.54, 1.807) is 0 Å². The van der Waals surface area contributed by atoms with E-state index in [-0.39, 0.29) is 42.8 Å². The largest absolute Gasteiger partial charge is 0.467 e. The molecule has 2 heterocycles. The van der Waals surface area contributed by atoms with Crippen molar-refractivity contribution < 1.29 is 33.7 Å². The molecule has 1 saturated carbocycles. The maximum Gasteiger partial charge on any atom is 0.328 e. The lowest BCUT2D eigenvalue weighted by Crippen LogP contribution is -2.61. The van der Waals surface area contributed by atoms with Gasteiger partial charge in [0.1, 0.15) is 6.04 Å². The minimum absolute atomic E-state index is 0.0302. The highest BCUT2D eigenvalue weighted by Gasteiger charge is 2.44. The standard InChI is InChI=1S/C50H62N4O7/c1-50(2,3)53-46(56)44-25-24-36-15-8-9-19-43(36)54(44)31-41-29-45(37-22-20-34(32-55)21-23-37)61-48(60-41)40-18-11-17-39(28-40)38-16-10-14-35(26-38)30-51-49(58)52-42(47(57)59-4)27-33-12-6-5-7-13-33/h5-7,10-14,16-18,20-23,26,28,36,41-45,48,55H,8-9,15,19,24-25,27,29-32H2,1-4H3,(H,53,56)(H2,51,52,58)/t36-,41-,42+,43-,44-,45+,48+/m1/s1. The molecule has 324 valence electrons. The maximum atomic E-state index is 13.9. The molecule has 1 aliphatic carbocycles. The highest BCUT2D eigenvalue weighted by Crippen LogP contribution is 2.42. The normalized spacial score (nSPS) is 23.6. The first-order valence-corrected chi connectivity index (χ1v) is 21.9. The monoisotopic (exact) mass is 830 g/mol. The Morgan fingerprint density at radius 1 is 0.803 bits per heavy atom. The van der Waals surface area contributed by atoms with Gasteiger partial charge in [-0.3, -0.25) is 9.69 Å². The van der Waals surface area contributed by atoms with Crippen molar-refractivity contribution >= 4 is 17.9 Å². The van der Waals surface area contributed by atoms with Gasteiger partial charge in [0, 0.05) is 43.1 Å². The number of amides is 3. The Bertz CT molecular complexity index is 2090. The van der Waals surface area contributed by atoms with E-state index in [1.165, 1.54) is 26.4 Å². The number of hydrogen-bond acceptors (Lipinski definition) is 8. The van der Waals surface area contributed by atoms with E-state index in [0.717, 1.165) is 58.2 Å². The van der Waals surface area contributed by atoms with Crippen LogP contribution in [0.5, 0.6) is 0 Å². The molecule has 4 aromatic carbocycles. The number of rotatable bonds is 13. The molecule has 0 aromatic heterocycles. The summed E-state index contributed by atoms with van der Waals surface area (Å²) in [6.45, 7) is 6.97. The number of ether oxygens (including phenoxy) is 3. The molecule has 0 unspecified atom stereocenters. The fourth-order valence-electron chi connectivity index (χ4n) is 9.30. The molecule has 0 bridgehead atoms. The number of aliphatic hydroxyl groups excluding tert-OH is 1. The van der Waals surface area contributed by atoms with Crippen LogP contribution in [-0.4, -0.2) is 71.3 Å². The number of urea groups is 1. The van der Waals surface area contributed by atoms with Gasteiger partial charge in [0.2, 0.25) is 5.91 Å². The Kier molecular flexibility index (Phi) is 14.6. The third kappa shape index (κ3) is 11.7. The van der Waals surface area contributed by atoms with Crippen LogP contribution in [0.2, 0.25) is 0 Å². The highest BCUT2D eigenvalue weighted by atomic mass is 16.7. The summed E-state index contributed by atoms with van der Waals surface area (Å²) < 4.78 is 18.7. The summed E-state index contributed by atoms with van der Waals surface area (Å²) in [5, 5.41) is 18.7. The predicted octanol–water partition coefficient (Wildman–Crippen LogP) is 7.91. The molecule has 0 radical (unpaired) electrons. The molecule has 11 heteroatoms. The smallest absolute Gasteiger partial charge is 0.328 e. The SMILES string of the molecule is COC(=O)[C@H](Cc1ccccc1)NC(=O)NCc1cccc(-c2cccc([C@H]3O[C@@H](CN4[C@@H](C(=O)NC(C)(C)C)CC[C@H]5CCCC[C@H]54)C[C@@H](c4ccc(CO)cc4)O3)c2)c1. The zero-order chi connectivity index (χ0) is 42.9. The molecular formula is C50H62N4O7. The molecule has 3 amide bonds. The van der Waals surface area contributed by atoms with Crippen LogP contribution >= 0.6 is 0 Å². The second-order valence-electron chi connectivity index (χ2n) is 17.9. The van der Waals surface area contributed by atoms with Crippen LogP contribution in [0.25, 0.3) is 11.1 Å². The molecule has 3 aliphatic rings. The number of fused-ring (bicyclic) bond motifs is 1. The summed E-state index contributed by atoms with van der Waals surface area (Å²) >= 11 is 0. The van der Waals surface area contributed by atoms with Gasteiger partial charge in [-0.2, -0.15) is 0 Å². The van der Waals surface area contributed by atoms with Crippen LogP contribution < -0.4 is 16.0 Å². The summed E-state index contributed by atoms with van der Waals surface area (Å²) in [4.78, 5) is 41.9. The third-order valence-electron chi connectivity index (χ3n) is 12.3. The van der Waals surface area contributed by atoms with Crippen LogP contribution in [0.15, 0.2) is 103 Å². The van der Waals surface area contributed by atoms with E-state index in [1.807, 2.05) is 118 Å². The zero-order valence-electron chi connectivity index (χ0n) is 36.0. The Balaban J connectivity index is 1.09. The Morgan fingerprint density at radius 3 is 2.26 bits per heavy atom. The summed E-state index contributed by atoms with van der Waals surface area (Å²) in [6.07, 6.45) is 6.43. The summed E-state index contributed by atoms with van der Waals surface area (Å²) in [5.41, 5.74) is 6.14. The molecular weight excluding hydrogens is 769 g/mol. The third-order valence-corrected chi connectivity index (χ3v) is 12.3. The Hall–Kier alpha value is -5.07. The topological polar surface area (TPSA) is 138 Å². The lowest BCUT2D eigenvalue weighted by Gasteiger charge is -2.50. The number of hydrogen-bond donors (Lipinski definition) is 4. The van der Waals surface area contributed by atoms with Crippen molar-refractivity contribution in [2.24, 2.45) is 5.92 Å². The number of esters is 1. The van der Waals surface area contributed by atoms with Crippen LogP contribution in [-0.2, 0) is 43.4 Å². The number of nitrogens with one attached hydrogen (secondary N) is 3. The minimum Gasteiger partial charge on any atom is -0.467 e. The van der Waals surface area contributed by atoms with E-state index < -0.39 is 24.3 Å². The van der Waals surface area contributed by atoms with Gasteiger partial charge in [0.25, 0.3) is 0 Å². The molecule has 4 N–H and O–H groups in total. The molecule has 7 rings (SSSR count). The maximum absolute atomic E-state index is 13.9. The van der Waals surface area contributed by atoms with Crippen molar-refractivity contribution in [1.29, 1.82) is 0 Å². The Morgan fingerprint density at radius 2 is 1.52 bits per heavy atom. The zero-order valence-corrected chi connectivity index (χ0v) is 36.0. The number of nitrogens with zero attached hydrogens (tertiary/aromatic N) is 1. The summed E-state index contributed by atoms with van der Waals surface area (Å²) in [5.74, 6) is 0.162. The van der Waals surface area contributed by atoms with E-state index >= 15 is 0 Å². The average Bonchev–Trinajstić information content (AvgIpc) is 3.27. The molecule has 3 fully saturated rings. The first-order valence-electron chi connectivity index (χ1n) is 21.9. The van der Waals surface area contributed by atoms with Gasteiger partial charge in [-0.1, -0.05) is 104 Å². The van der Waals surface area contributed by atoms with Crippen LogP contribution in [0, 0.1) is 5.92 Å². The molecule has 2 saturated heterocycles. The van der Waals surface area contributed by atoms with Gasteiger partial charge in [0.05, 0.1) is 32.0 Å². The van der Waals surface area contributed by atoms with Crippen molar-refractivity contribution in [2.45, 2.75) is 127 Å². The number of likely N-dealkylation sites (tertiary alicyclic amines) is 1. The van der Waals surface area contributed by atoms with Crippen LogP contribution in [0.4, 0.5) is 4.79 Å². The lowest BCUT2D eigenvalue weighted by molar-refractivity contribution is -0.255.